The molecular weight excluding hydrogens is 442 g/mol. The van der Waals surface area contributed by atoms with Gasteiger partial charge in [-0.3, -0.25) is 15.1 Å². The number of fused-ring (bicyclic) bond motifs is 2. The molecule has 0 saturated heterocycles. The number of H-pyrrole nitrogens is 2. The minimum atomic E-state index is 0.682. The molecule has 0 spiro atoms. The molecule has 7 nitrogen and oxygen atoms in total. The quantitative estimate of drug-likeness (QED) is 0.343. The van der Waals surface area contributed by atoms with Crippen LogP contribution in [0.5, 0.6) is 0 Å². The second-order valence-corrected chi connectivity index (χ2v) is 10.0. The summed E-state index contributed by atoms with van der Waals surface area (Å²) in [7, 11) is 4.11. The van der Waals surface area contributed by atoms with E-state index in [1.54, 1.807) is 11.3 Å². The molecule has 0 bridgehead atoms. The summed E-state index contributed by atoms with van der Waals surface area (Å²) in [6.07, 6.45) is 9.45. The van der Waals surface area contributed by atoms with Gasteiger partial charge in [0.25, 0.3) is 0 Å². The Morgan fingerprint density at radius 3 is 2.59 bits per heavy atom. The third-order valence-corrected chi connectivity index (χ3v) is 6.89. The molecule has 34 heavy (non-hydrogen) atoms. The second-order valence-electron chi connectivity index (χ2n) is 8.76. The second kappa shape index (κ2) is 8.16. The van der Waals surface area contributed by atoms with Crippen molar-refractivity contribution >= 4 is 33.3 Å². The number of pyridine rings is 3. The van der Waals surface area contributed by atoms with E-state index in [2.05, 4.69) is 86.4 Å². The van der Waals surface area contributed by atoms with Crippen molar-refractivity contribution in [2.45, 2.75) is 13.5 Å². The number of rotatable bonds is 5. The monoisotopic (exact) mass is 465 g/mol. The largest absolute Gasteiger partial charge is 0.352 e. The van der Waals surface area contributed by atoms with Crippen molar-refractivity contribution in [2.75, 3.05) is 14.1 Å². The number of nitrogens with one attached hydrogen (secondary N) is 2. The van der Waals surface area contributed by atoms with Crippen molar-refractivity contribution in [3.63, 3.8) is 0 Å². The summed E-state index contributed by atoms with van der Waals surface area (Å²) in [6, 6.07) is 10.8. The molecule has 0 aliphatic carbocycles. The highest BCUT2D eigenvalue weighted by atomic mass is 32.1. The first kappa shape index (κ1) is 20.7. The van der Waals surface area contributed by atoms with Gasteiger partial charge in [0.05, 0.1) is 23.1 Å². The van der Waals surface area contributed by atoms with Gasteiger partial charge in [-0.2, -0.15) is 5.10 Å². The number of thiophene rings is 1. The summed E-state index contributed by atoms with van der Waals surface area (Å²) in [5, 5.41) is 9.74. The molecule has 6 aromatic rings. The van der Waals surface area contributed by atoms with Gasteiger partial charge >= 0.3 is 0 Å². The SMILES string of the molecule is Cc1ccc(-c2cncc3[nH]c(-c4[nH]nc5ncc(-c6cncc(CN(C)C)c6)cc45)cc23)s1. The standard InChI is InChI=1S/C26H23N7S/c1-15-4-5-24(34-15)21-12-28-13-23-19(21)8-22(30-23)25-20-7-18(11-29-26(20)32-31-25)17-6-16(9-27-10-17)14-33(2)3/h4-13,30H,14H2,1-3H3,(H,29,31,32). The van der Waals surface area contributed by atoms with Gasteiger partial charge in [0.2, 0.25) is 0 Å². The summed E-state index contributed by atoms with van der Waals surface area (Å²) in [5.41, 5.74) is 7.88. The first-order chi connectivity index (χ1) is 16.5. The number of nitrogens with zero attached hydrogens (tertiary/aromatic N) is 5. The molecule has 6 aromatic heterocycles. The molecule has 0 aliphatic rings. The molecule has 0 aromatic carbocycles. The lowest BCUT2D eigenvalue weighted by Crippen LogP contribution is -2.10. The van der Waals surface area contributed by atoms with Crippen molar-refractivity contribution in [3.05, 3.63) is 71.8 Å². The summed E-state index contributed by atoms with van der Waals surface area (Å²) in [5.74, 6) is 0. The molecule has 2 N–H and O–H groups in total. The Hall–Kier alpha value is -3.88. The molecule has 168 valence electrons. The van der Waals surface area contributed by atoms with E-state index in [1.807, 2.05) is 31.0 Å². The fourth-order valence-corrected chi connectivity index (χ4v) is 5.21. The lowest BCUT2D eigenvalue weighted by Gasteiger charge is -2.10. The summed E-state index contributed by atoms with van der Waals surface area (Å²) < 4.78 is 0. The van der Waals surface area contributed by atoms with Crippen LogP contribution < -0.4 is 0 Å². The Morgan fingerprint density at radius 2 is 1.76 bits per heavy atom. The predicted molar refractivity (Wildman–Crippen MR) is 138 cm³/mol. The van der Waals surface area contributed by atoms with Gasteiger partial charge in [-0.25, -0.2) is 4.98 Å². The molecule has 0 aliphatic heterocycles. The van der Waals surface area contributed by atoms with Crippen molar-refractivity contribution in [1.29, 1.82) is 0 Å². The fourth-order valence-electron chi connectivity index (χ4n) is 4.32. The van der Waals surface area contributed by atoms with Crippen molar-refractivity contribution in [2.24, 2.45) is 0 Å². The van der Waals surface area contributed by atoms with Crippen LogP contribution in [0.2, 0.25) is 0 Å². The number of aryl methyl sites for hydroxylation is 1. The van der Waals surface area contributed by atoms with Crippen LogP contribution >= 0.6 is 11.3 Å². The maximum Gasteiger partial charge on any atom is 0.181 e. The van der Waals surface area contributed by atoms with Crippen LogP contribution in [0.3, 0.4) is 0 Å². The van der Waals surface area contributed by atoms with Crippen LogP contribution in [0.25, 0.3) is 54.9 Å². The van der Waals surface area contributed by atoms with Crippen molar-refractivity contribution in [1.82, 2.24) is 35.0 Å². The lowest BCUT2D eigenvalue weighted by molar-refractivity contribution is 0.402. The third kappa shape index (κ3) is 3.67. The molecule has 0 saturated carbocycles. The van der Waals surface area contributed by atoms with Gasteiger partial charge in [-0.05, 0) is 56.9 Å². The minimum Gasteiger partial charge on any atom is -0.352 e. The molecule has 0 atom stereocenters. The Balaban J connectivity index is 1.45. The third-order valence-electron chi connectivity index (χ3n) is 5.86. The van der Waals surface area contributed by atoms with Crippen molar-refractivity contribution in [3.8, 4) is 33.0 Å². The average Bonchev–Trinajstić information content (AvgIpc) is 3.55. The van der Waals surface area contributed by atoms with Crippen LogP contribution in [0, 0.1) is 6.92 Å². The Labute approximate surface area is 200 Å². The molecule has 0 fully saturated rings. The fraction of sp³-hybridized carbons (Fsp3) is 0.154. The summed E-state index contributed by atoms with van der Waals surface area (Å²) in [4.78, 5) is 21.7. The highest BCUT2D eigenvalue weighted by Gasteiger charge is 2.15. The predicted octanol–water partition coefficient (Wildman–Crippen LogP) is 5.66. The number of hydrogen-bond donors (Lipinski definition) is 2. The molecule has 6 heterocycles. The molecule has 0 amide bonds. The van der Waals surface area contributed by atoms with Crippen LogP contribution in [0.1, 0.15) is 10.4 Å². The van der Waals surface area contributed by atoms with Gasteiger partial charge in [0.1, 0.15) is 0 Å². The molecule has 8 heteroatoms. The zero-order chi connectivity index (χ0) is 23.2. The van der Waals surface area contributed by atoms with E-state index in [1.165, 1.54) is 9.75 Å². The Bertz CT molecular complexity index is 1640. The number of aromatic nitrogens is 6. The van der Waals surface area contributed by atoms with Crippen LogP contribution in [0.4, 0.5) is 0 Å². The molecule has 0 radical (unpaired) electrons. The smallest absolute Gasteiger partial charge is 0.181 e. The van der Waals surface area contributed by atoms with E-state index in [0.29, 0.717) is 5.65 Å². The van der Waals surface area contributed by atoms with Crippen LogP contribution in [-0.4, -0.2) is 49.1 Å². The van der Waals surface area contributed by atoms with E-state index in [-0.39, 0.29) is 0 Å². The van der Waals surface area contributed by atoms with E-state index in [0.717, 1.165) is 56.5 Å². The zero-order valence-corrected chi connectivity index (χ0v) is 19.9. The highest BCUT2D eigenvalue weighted by molar-refractivity contribution is 7.15. The van der Waals surface area contributed by atoms with E-state index >= 15 is 0 Å². The number of hydrogen-bond acceptors (Lipinski definition) is 6. The summed E-state index contributed by atoms with van der Waals surface area (Å²) >= 11 is 1.78. The van der Waals surface area contributed by atoms with E-state index in [4.69, 9.17) is 0 Å². The van der Waals surface area contributed by atoms with Gasteiger partial charge in [0.15, 0.2) is 5.65 Å². The van der Waals surface area contributed by atoms with Gasteiger partial charge in [-0.1, -0.05) is 0 Å². The Morgan fingerprint density at radius 1 is 0.912 bits per heavy atom. The number of aromatic amines is 2. The van der Waals surface area contributed by atoms with Crippen LogP contribution in [0.15, 0.2) is 61.3 Å². The maximum absolute atomic E-state index is 4.61. The zero-order valence-electron chi connectivity index (χ0n) is 19.1. The molecule has 6 rings (SSSR count). The van der Waals surface area contributed by atoms with Gasteiger partial charge in [0, 0.05) is 68.5 Å². The molecule has 0 unspecified atom stereocenters. The van der Waals surface area contributed by atoms with Crippen molar-refractivity contribution < 1.29 is 0 Å². The van der Waals surface area contributed by atoms with Gasteiger partial charge in [-0.15, -0.1) is 11.3 Å². The highest BCUT2D eigenvalue weighted by Crippen LogP contribution is 2.36. The average molecular weight is 466 g/mol. The van der Waals surface area contributed by atoms with Gasteiger partial charge < -0.3 is 9.88 Å². The van der Waals surface area contributed by atoms with Crippen LogP contribution in [-0.2, 0) is 6.54 Å². The maximum atomic E-state index is 4.61. The first-order valence-corrected chi connectivity index (χ1v) is 11.8. The molecular formula is C26H23N7S. The summed E-state index contributed by atoms with van der Waals surface area (Å²) in [6.45, 7) is 2.96. The normalized spacial score (nSPS) is 11.8. The first-order valence-electron chi connectivity index (χ1n) is 11.0. The Kier molecular flexibility index (Phi) is 4.97. The minimum absolute atomic E-state index is 0.682. The van der Waals surface area contributed by atoms with E-state index < -0.39 is 0 Å². The van der Waals surface area contributed by atoms with E-state index in [9.17, 15) is 0 Å². The lowest BCUT2D eigenvalue weighted by atomic mass is 10.1. The topological polar surface area (TPSA) is 86.4 Å².